The fourth-order valence-electron chi connectivity index (χ4n) is 1.54. The first-order valence-corrected chi connectivity index (χ1v) is 5.88. The molecule has 2 aromatic rings. The first-order valence-electron chi connectivity index (χ1n) is 5.50. The predicted octanol–water partition coefficient (Wildman–Crippen LogP) is 3.10. The van der Waals surface area contributed by atoms with Crippen LogP contribution in [0.5, 0.6) is 5.75 Å². The lowest BCUT2D eigenvalue weighted by molar-refractivity contribution is -0.384. The first kappa shape index (κ1) is 13.2. The minimum absolute atomic E-state index is 0.0611. The summed E-state index contributed by atoms with van der Waals surface area (Å²) in [7, 11) is 0. The van der Waals surface area contributed by atoms with Crippen molar-refractivity contribution in [3.8, 4) is 17.0 Å². The summed E-state index contributed by atoms with van der Waals surface area (Å²) in [5.74, 6) is 0.574. The van der Waals surface area contributed by atoms with Crippen molar-refractivity contribution in [1.82, 2.24) is 9.97 Å². The summed E-state index contributed by atoms with van der Waals surface area (Å²) in [6.45, 7) is 2.36. The van der Waals surface area contributed by atoms with E-state index in [1.54, 1.807) is 18.5 Å². The number of hydrogen-bond acceptors (Lipinski definition) is 5. The molecule has 0 radical (unpaired) electrons. The summed E-state index contributed by atoms with van der Waals surface area (Å²) in [6, 6.07) is 4.25. The van der Waals surface area contributed by atoms with Crippen LogP contribution < -0.4 is 4.74 Å². The zero-order valence-corrected chi connectivity index (χ0v) is 10.8. The SMILES string of the molecule is CCOc1cncc(-c2cc([N+](=O)[O-])cc(Cl)n2)c1. The summed E-state index contributed by atoms with van der Waals surface area (Å²) in [5, 5.41) is 10.8. The Morgan fingerprint density at radius 2 is 2.16 bits per heavy atom. The van der Waals surface area contributed by atoms with E-state index >= 15 is 0 Å². The average Bonchev–Trinajstić information content (AvgIpc) is 2.38. The molecule has 6 nitrogen and oxygen atoms in total. The smallest absolute Gasteiger partial charge is 0.274 e. The van der Waals surface area contributed by atoms with Gasteiger partial charge in [-0.05, 0) is 13.0 Å². The molecule has 0 aliphatic heterocycles. The van der Waals surface area contributed by atoms with Crippen LogP contribution in [-0.2, 0) is 0 Å². The second-order valence-electron chi connectivity index (χ2n) is 3.63. The fourth-order valence-corrected chi connectivity index (χ4v) is 1.74. The Morgan fingerprint density at radius 3 is 2.84 bits per heavy atom. The average molecular weight is 280 g/mol. The molecular weight excluding hydrogens is 270 g/mol. The van der Waals surface area contributed by atoms with Gasteiger partial charge in [0.2, 0.25) is 0 Å². The van der Waals surface area contributed by atoms with Crippen molar-refractivity contribution in [2.45, 2.75) is 6.92 Å². The fraction of sp³-hybridized carbons (Fsp3) is 0.167. The van der Waals surface area contributed by atoms with Crippen molar-refractivity contribution in [2.75, 3.05) is 6.61 Å². The number of hydrogen-bond donors (Lipinski definition) is 0. The lowest BCUT2D eigenvalue weighted by Crippen LogP contribution is -1.95. The minimum Gasteiger partial charge on any atom is -0.492 e. The summed E-state index contributed by atoms with van der Waals surface area (Å²) < 4.78 is 5.32. The quantitative estimate of drug-likeness (QED) is 0.488. The van der Waals surface area contributed by atoms with Gasteiger partial charge in [-0.15, -0.1) is 0 Å². The summed E-state index contributed by atoms with van der Waals surface area (Å²) >= 11 is 5.78. The highest BCUT2D eigenvalue weighted by atomic mass is 35.5. The largest absolute Gasteiger partial charge is 0.492 e. The molecule has 19 heavy (non-hydrogen) atoms. The van der Waals surface area contributed by atoms with Crippen molar-refractivity contribution >= 4 is 17.3 Å². The highest BCUT2D eigenvalue weighted by Gasteiger charge is 2.12. The highest BCUT2D eigenvalue weighted by molar-refractivity contribution is 6.29. The van der Waals surface area contributed by atoms with E-state index in [4.69, 9.17) is 16.3 Å². The lowest BCUT2D eigenvalue weighted by Gasteiger charge is -2.05. The summed E-state index contributed by atoms with van der Waals surface area (Å²) in [4.78, 5) is 18.3. The molecule has 0 bridgehead atoms. The van der Waals surface area contributed by atoms with Gasteiger partial charge >= 0.3 is 0 Å². The van der Waals surface area contributed by atoms with Crippen LogP contribution in [0.3, 0.4) is 0 Å². The third-order valence-corrected chi connectivity index (χ3v) is 2.50. The van der Waals surface area contributed by atoms with Gasteiger partial charge < -0.3 is 4.74 Å². The van der Waals surface area contributed by atoms with Gasteiger partial charge in [-0.2, -0.15) is 0 Å². The third kappa shape index (κ3) is 3.17. The molecule has 0 aliphatic rings. The van der Waals surface area contributed by atoms with E-state index in [1.807, 2.05) is 6.92 Å². The monoisotopic (exact) mass is 279 g/mol. The molecule has 2 aromatic heterocycles. The molecule has 2 heterocycles. The molecule has 0 fully saturated rings. The molecule has 0 spiro atoms. The second-order valence-corrected chi connectivity index (χ2v) is 4.02. The number of rotatable bonds is 4. The third-order valence-electron chi connectivity index (χ3n) is 2.31. The van der Waals surface area contributed by atoms with Crippen LogP contribution in [0.4, 0.5) is 5.69 Å². The van der Waals surface area contributed by atoms with Crippen LogP contribution in [0, 0.1) is 10.1 Å². The Kier molecular flexibility index (Phi) is 3.91. The van der Waals surface area contributed by atoms with Gasteiger partial charge in [0.05, 0.1) is 29.5 Å². The maximum Gasteiger partial charge on any atom is 0.274 e. The standard InChI is InChI=1S/C12H10ClN3O3/c1-2-19-10-3-8(6-14-7-10)11-4-9(16(17)18)5-12(13)15-11/h3-7H,2H2,1H3. The first-order chi connectivity index (χ1) is 9.10. The molecule has 7 heteroatoms. The number of ether oxygens (including phenoxy) is 1. The Morgan fingerprint density at radius 1 is 1.37 bits per heavy atom. The van der Waals surface area contributed by atoms with E-state index in [1.165, 1.54) is 12.1 Å². The van der Waals surface area contributed by atoms with Crippen LogP contribution >= 0.6 is 11.6 Å². The van der Waals surface area contributed by atoms with Crippen molar-refractivity contribution in [1.29, 1.82) is 0 Å². The van der Waals surface area contributed by atoms with Crippen LogP contribution in [0.15, 0.2) is 30.6 Å². The van der Waals surface area contributed by atoms with Crippen LogP contribution in [-0.4, -0.2) is 21.5 Å². The predicted molar refractivity (Wildman–Crippen MR) is 70.3 cm³/mol. The molecule has 0 saturated carbocycles. The van der Waals surface area contributed by atoms with Gasteiger partial charge in [0, 0.05) is 17.8 Å². The van der Waals surface area contributed by atoms with E-state index in [-0.39, 0.29) is 10.8 Å². The number of nitro groups is 1. The van der Waals surface area contributed by atoms with Gasteiger partial charge in [0.25, 0.3) is 5.69 Å². The summed E-state index contributed by atoms with van der Waals surface area (Å²) in [5.41, 5.74) is 0.876. The van der Waals surface area contributed by atoms with Crippen LogP contribution in [0.1, 0.15) is 6.92 Å². The van der Waals surface area contributed by atoms with E-state index in [0.717, 1.165) is 0 Å². The van der Waals surface area contributed by atoms with Gasteiger partial charge in [-0.1, -0.05) is 11.6 Å². The van der Waals surface area contributed by atoms with E-state index < -0.39 is 4.92 Å². The Labute approximate surface area is 114 Å². The lowest BCUT2D eigenvalue weighted by atomic mass is 10.2. The molecule has 0 N–H and O–H groups in total. The maximum absolute atomic E-state index is 10.8. The molecule has 0 saturated heterocycles. The Hall–Kier alpha value is -2.21. The molecule has 2 rings (SSSR count). The zero-order chi connectivity index (χ0) is 13.8. The molecule has 0 aliphatic carbocycles. The van der Waals surface area contributed by atoms with Gasteiger partial charge in [-0.3, -0.25) is 15.1 Å². The normalized spacial score (nSPS) is 10.2. The van der Waals surface area contributed by atoms with E-state index in [9.17, 15) is 10.1 Å². The summed E-state index contributed by atoms with van der Waals surface area (Å²) in [6.07, 6.45) is 3.11. The zero-order valence-electron chi connectivity index (χ0n) is 10.0. The molecule has 0 aromatic carbocycles. The van der Waals surface area contributed by atoms with Crippen molar-refractivity contribution < 1.29 is 9.66 Å². The molecular formula is C12H10ClN3O3. The maximum atomic E-state index is 10.8. The molecule has 0 unspecified atom stereocenters. The second kappa shape index (κ2) is 5.62. The van der Waals surface area contributed by atoms with E-state index in [0.29, 0.717) is 23.6 Å². The van der Waals surface area contributed by atoms with Crippen LogP contribution in [0.2, 0.25) is 5.15 Å². The highest BCUT2D eigenvalue weighted by Crippen LogP contribution is 2.26. The number of aromatic nitrogens is 2. The molecule has 0 atom stereocenters. The topological polar surface area (TPSA) is 78.2 Å². The van der Waals surface area contributed by atoms with Gasteiger partial charge in [0.15, 0.2) is 0 Å². The van der Waals surface area contributed by atoms with Crippen molar-refractivity contribution in [3.05, 3.63) is 45.9 Å². The molecule has 98 valence electrons. The van der Waals surface area contributed by atoms with Crippen molar-refractivity contribution in [2.24, 2.45) is 0 Å². The van der Waals surface area contributed by atoms with Gasteiger partial charge in [0.1, 0.15) is 10.9 Å². The number of halogens is 1. The molecule has 0 amide bonds. The number of pyridine rings is 2. The van der Waals surface area contributed by atoms with E-state index in [2.05, 4.69) is 9.97 Å². The Bertz CT molecular complexity index is 619. The van der Waals surface area contributed by atoms with Gasteiger partial charge in [-0.25, -0.2) is 4.98 Å². The van der Waals surface area contributed by atoms with Crippen LogP contribution in [0.25, 0.3) is 11.3 Å². The Balaban J connectivity index is 2.46. The number of nitrogens with zero attached hydrogens (tertiary/aromatic N) is 3. The minimum atomic E-state index is -0.517. The van der Waals surface area contributed by atoms with Crippen molar-refractivity contribution in [3.63, 3.8) is 0 Å².